The summed E-state index contributed by atoms with van der Waals surface area (Å²) in [4.78, 5) is 21.6. The standard InChI is InChI=1S/C14H18BrNO5/c15-11-3-5-12(6-4-11)21-8-1-2-13(17)16-7-9-20-10-14(18)19/h3-6H,1-2,7-10H2,(H,16,17)(H,18,19). The second-order valence-electron chi connectivity index (χ2n) is 4.20. The molecule has 0 bridgehead atoms. The number of carboxylic acids is 1. The van der Waals surface area contributed by atoms with E-state index in [1.807, 2.05) is 24.3 Å². The van der Waals surface area contributed by atoms with E-state index in [-0.39, 0.29) is 19.1 Å². The third-order valence-electron chi connectivity index (χ3n) is 2.42. The quantitative estimate of drug-likeness (QED) is 0.622. The van der Waals surface area contributed by atoms with Crippen LogP contribution in [0.5, 0.6) is 5.75 Å². The Bertz CT molecular complexity index is 449. The van der Waals surface area contributed by atoms with Crippen LogP contribution in [0.15, 0.2) is 28.7 Å². The Labute approximate surface area is 131 Å². The van der Waals surface area contributed by atoms with Crippen molar-refractivity contribution in [2.75, 3.05) is 26.4 Å². The van der Waals surface area contributed by atoms with Gasteiger partial charge in [-0.3, -0.25) is 4.79 Å². The molecule has 0 saturated heterocycles. The number of hydrogen-bond donors (Lipinski definition) is 2. The molecule has 7 heteroatoms. The van der Waals surface area contributed by atoms with Crippen molar-refractivity contribution < 1.29 is 24.2 Å². The average Bonchev–Trinajstić information content (AvgIpc) is 2.45. The summed E-state index contributed by atoms with van der Waals surface area (Å²) in [5, 5.41) is 11.0. The van der Waals surface area contributed by atoms with Gasteiger partial charge in [-0.1, -0.05) is 15.9 Å². The maximum atomic E-state index is 11.5. The highest BCUT2D eigenvalue weighted by atomic mass is 79.9. The lowest BCUT2D eigenvalue weighted by Crippen LogP contribution is -2.28. The molecule has 0 saturated carbocycles. The SMILES string of the molecule is O=C(O)COCCNC(=O)CCCOc1ccc(Br)cc1. The van der Waals surface area contributed by atoms with E-state index in [4.69, 9.17) is 14.6 Å². The molecule has 0 heterocycles. The van der Waals surface area contributed by atoms with Crippen LogP contribution < -0.4 is 10.1 Å². The van der Waals surface area contributed by atoms with Crippen LogP contribution in [0, 0.1) is 0 Å². The first kappa shape index (κ1) is 17.5. The number of nitrogens with one attached hydrogen (secondary N) is 1. The molecule has 0 unspecified atom stereocenters. The van der Waals surface area contributed by atoms with Crippen LogP contribution in [0.4, 0.5) is 0 Å². The fraction of sp³-hybridized carbons (Fsp3) is 0.429. The Morgan fingerprint density at radius 2 is 1.90 bits per heavy atom. The van der Waals surface area contributed by atoms with Crippen molar-refractivity contribution in [3.05, 3.63) is 28.7 Å². The van der Waals surface area contributed by atoms with Gasteiger partial charge in [-0.25, -0.2) is 4.79 Å². The Morgan fingerprint density at radius 1 is 1.19 bits per heavy atom. The molecular weight excluding hydrogens is 342 g/mol. The molecule has 0 spiro atoms. The third-order valence-corrected chi connectivity index (χ3v) is 2.95. The predicted octanol–water partition coefficient (Wildman–Crippen LogP) is 1.83. The van der Waals surface area contributed by atoms with E-state index in [0.29, 0.717) is 26.0 Å². The molecule has 0 atom stereocenters. The van der Waals surface area contributed by atoms with Gasteiger partial charge < -0.3 is 19.9 Å². The molecule has 1 rings (SSSR count). The maximum absolute atomic E-state index is 11.5. The molecule has 6 nitrogen and oxygen atoms in total. The summed E-state index contributed by atoms with van der Waals surface area (Å²) in [6.45, 7) is 0.606. The van der Waals surface area contributed by atoms with E-state index < -0.39 is 5.97 Å². The minimum absolute atomic E-state index is 0.103. The molecule has 0 fully saturated rings. The highest BCUT2D eigenvalue weighted by Crippen LogP contribution is 2.16. The van der Waals surface area contributed by atoms with Crippen LogP contribution in [0.25, 0.3) is 0 Å². The molecule has 0 aromatic heterocycles. The molecule has 1 aromatic carbocycles. The molecule has 1 amide bonds. The molecule has 116 valence electrons. The number of carbonyl (C=O) groups is 2. The summed E-state index contributed by atoms with van der Waals surface area (Å²) in [5.74, 6) is -0.361. The molecule has 0 aliphatic carbocycles. The van der Waals surface area contributed by atoms with Gasteiger partial charge in [0.1, 0.15) is 12.4 Å². The van der Waals surface area contributed by atoms with Crippen molar-refractivity contribution in [2.45, 2.75) is 12.8 Å². The molecule has 0 aliphatic heterocycles. The zero-order valence-electron chi connectivity index (χ0n) is 11.5. The van der Waals surface area contributed by atoms with E-state index in [1.165, 1.54) is 0 Å². The van der Waals surface area contributed by atoms with Gasteiger partial charge in [0, 0.05) is 17.4 Å². The number of carbonyl (C=O) groups excluding carboxylic acids is 1. The Kier molecular flexibility index (Phi) is 8.45. The van der Waals surface area contributed by atoms with E-state index in [1.54, 1.807) is 0 Å². The van der Waals surface area contributed by atoms with Gasteiger partial charge in [-0.15, -0.1) is 0 Å². The number of rotatable bonds is 10. The Hall–Kier alpha value is -1.60. The second kappa shape index (κ2) is 10.2. The molecule has 2 N–H and O–H groups in total. The third kappa shape index (κ3) is 9.04. The van der Waals surface area contributed by atoms with Crippen LogP contribution in [-0.4, -0.2) is 43.3 Å². The molecule has 0 radical (unpaired) electrons. The zero-order chi connectivity index (χ0) is 15.5. The first-order valence-corrected chi connectivity index (χ1v) is 7.32. The van der Waals surface area contributed by atoms with Crippen molar-refractivity contribution in [1.29, 1.82) is 0 Å². The summed E-state index contributed by atoms with van der Waals surface area (Å²) in [6, 6.07) is 7.48. The highest BCUT2D eigenvalue weighted by molar-refractivity contribution is 9.10. The van der Waals surface area contributed by atoms with E-state index >= 15 is 0 Å². The van der Waals surface area contributed by atoms with E-state index in [9.17, 15) is 9.59 Å². The van der Waals surface area contributed by atoms with E-state index in [2.05, 4.69) is 21.2 Å². The summed E-state index contributed by atoms with van der Waals surface area (Å²) in [7, 11) is 0. The van der Waals surface area contributed by atoms with Crippen molar-refractivity contribution in [3.8, 4) is 5.75 Å². The van der Waals surface area contributed by atoms with E-state index in [0.717, 1.165) is 10.2 Å². The van der Waals surface area contributed by atoms with Crippen molar-refractivity contribution in [1.82, 2.24) is 5.32 Å². The smallest absolute Gasteiger partial charge is 0.329 e. The average molecular weight is 360 g/mol. The van der Waals surface area contributed by atoms with Crippen molar-refractivity contribution in [2.24, 2.45) is 0 Å². The predicted molar refractivity (Wildman–Crippen MR) is 80.3 cm³/mol. The number of aliphatic carboxylic acids is 1. The van der Waals surface area contributed by atoms with Crippen molar-refractivity contribution in [3.63, 3.8) is 0 Å². The number of benzene rings is 1. The lowest BCUT2D eigenvalue weighted by Gasteiger charge is -2.07. The Balaban J connectivity index is 2.00. The Morgan fingerprint density at radius 3 is 2.57 bits per heavy atom. The number of halogens is 1. The van der Waals surface area contributed by atoms with Crippen LogP contribution in [0.1, 0.15) is 12.8 Å². The fourth-order valence-electron chi connectivity index (χ4n) is 1.46. The van der Waals surface area contributed by atoms with Crippen LogP contribution in [-0.2, 0) is 14.3 Å². The topological polar surface area (TPSA) is 84.9 Å². The van der Waals surface area contributed by atoms with Crippen LogP contribution in [0.2, 0.25) is 0 Å². The van der Waals surface area contributed by atoms with Gasteiger partial charge in [-0.2, -0.15) is 0 Å². The number of ether oxygens (including phenoxy) is 2. The van der Waals surface area contributed by atoms with Crippen LogP contribution >= 0.6 is 15.9 Å². The second-order valence-corrected chi connectivity index (χ2v) is 5.12. The normalized spacial score (nSPS) is 10.1. The van der Waals surface area contributed by atoms with Gasteiger partial charge in [0.05, 0.1) is 13.2 Å². The molecule has 0 aliphatic rings. The molecule has 1 aromatic rings. The summed E-state index contributed by atoms with van der Waals surface area (Å²) < 4.78 is 11.3. The first-order chi connectivity index (χ1) is 10.1. The van der Waals surface area contributed by atoms with Gasteiger partial charge in [-0.05, 0) is 30.7 Å². The number of carboxylic acid groups (broad SMARTS) is 1. The summed E-state index contributed by atoms with van der Waals surface area (Å²) >= 11 is 3.34. The van der Waals surface area contributed by atoms with Gasteiger partial charge in [0.2, 0.25) is 5.91 Å². The molecular formula is C14H18BrNO5. The lowest BCUT2D eigenvalue weighted by molar-refractivity contribution is -0.142. The largest absolute Gasteiger partial charge is 0.494 e. The van der Waals surface area contributed by atoms with Crippen molar-refractivity contribution >= 4 is 27.8 Å². The summed E-state index contributed by atoms with van der Waals surface area (Å²) in [6.07, 6.45) is 0.966. The van der Waals surface area contributed by atoms with Gasteiger partial charge in [0.15, 0.2) is 0 Å². The maximum Gasteiger partial charge on any atom is 0.329 e. The van der Waals surface area contributed by atoms with Gasteiger partial charge >= 0.3 is 5.97 Å². The number of amides is 1. The summed E-state index contributed by atoms with van der Waals surface area (Å²) in [5.41, 5.74) is 0. The number of hydrogen-bond acceptors (Lipinski definition) is 4. The minimum atomic E-state index is -1.02. The monoisotopic (exact) mass is 359 g/mol. The highest BCUT2D eigenvalue weighted by Gasteiger charge is 2.02. The molecule has 21 heavy (non-hydrogen) atoms. The fourth-order valence-corrected chi connectivity index (χ4v) is 1.73. The lowest BCUT2D eigenvalue weighted by atomic mass is 10.3. The first-order valence-electron chi connectivity index (χ1n) is 6.52. The van der Waals surface area contributed by atoms with Gasteiger partial charge in [0.25, 0.3) is 0 Å². The zero-order valence-corrected chi connectivity index (χ0v) is 13.1. The van der Waals surface area contributed by atoms with Crippen LogP contribution in [0.3, 0.4) is 0 Å². The minimum Gasteiger partial charge on any atom is -0.494 e.